The smallest absolute Gasteiger partial charge is 0.353 e. The molecule has 0 spiro atoms. The Kier molecular flexibility index (Phi) is 6.20. The van der Waals surface area contributed by atoms with Crippen LogP contribution in [0.1, 0.15) is 29.8 Å². The topological polar surface area (TPSA) is 106 Å². The highest BCUT2D eigenvalue weighted by molar-refractivity contribution is 6.04. The van der Waals surface area contributed by atoms with Crippen LogP contribution in [0.2, 0.25) is 0 Å². The number of carbonyl (C=O) groups is 2. The minimum absolute atomic E-state index is 0.156. The number of hydrogen-bond donors (Lipinski definition) is 2. The van der Waals surface area contributed by atoms with E-state index in [1.165, 1.54) is 0 Å². The minimum Gasteiger partial charge on any atom is -0.506 e. The van der Waals surface area contributed by atoms with Crippen LogP contribution in [-0.4, -0.2) is 30.1 Å². The van der Waals surface area contributed by atoms with Gasteiger partial charge in [-0.3, -0.25) is 9.59 Å². The van der Waals surface area contributed by atoms with E-state index in [4.69, 9.17) is 9.15 Å². The summed E-state index contributed by atoms with van der Waals surface area (Å²) in [6, 6.07) is 12.6. The van der Waals surface area contributed by atoms with Crippen molar-refractivity contribution in [1.29, 1.82) is 0 Å². The monoisotopic (exact) mass is 409 g/mol. The van der Waals surface area contributed by atoms with E-state index in [9.17, 15) is 19.5 Å². The molecule has 0 saturated carbocycles. The van der Waals surface area contributed by atoms with Gasteiger partial charge in [0, 0.05) is 5.56 Å². The molecule has 3 rings (SSSR count). The lowest BCUT2D eigenvalue weighted by Crippen LogP contribution is -2.33. The van der Waals surface area contributed by atoms with Crippen molar-refractivity contribution in [3.63, 3.8) is 0 Å². The Morgan fingerprint density at radius 2 is 1.90 bits per heavy atom. The van der Waals surface area contributed by atoms with Gasteiger partial charge in [-0.25, -0.2) is 4.79 Å². The molecule has 0 fully saturated rings. The van der Waals surface area contributed by atoms with Crippen LogP contribution in [-0.2, 0) is 9.53 Å². The number of rotatable bonds is 6. The van der Waals surface area contributed by atoms with Crippen molar-refractivity contribution in [1.82, 2.24) is 5.32 Å². The third-order valence-electron chi connectivity index (χ3n) is 4.43. The molecule has 0 radical (unpaired) electrons. The lowest BCUT2D eigenvalue weighted by molar-refractivity contribution is -0.143. The van der Waals surface area contributed by atoms with Crippen molar-refractivity contribution in [2.24, 2.45) is 5.92 Å². The highest BCUT2D eigenvalue weighted by atomic mass is 16.5. The van der Waals surface area contributed by atoms with Gasteiger partial charge in [0.2, 0.25) is 0 Å². The van der Waals surface area contributed by atoms with Crippen LogP contribution in [0.5, 0.6) is 5.75 Å². The Morgan fingerprint density at radius 3 is 2.60 bits per heavy atom. The molecule has 0 aliphatic rings. The van der Waals surface area contributed by atoms with Crippen molar-refractivity contribution in [2.75, 3.05) is 13.2 Å². The van der Waals surface area contributed by atoms with E-state index < -0.39 is 35.4 Å². The molecule has 0 atom stereocenters. The number of amides is 1. The van der Waals surface area contributed by atoms with Gasteiger partial charge in [-0.15, -0.1) is 0 Å². The predicted octanol–water partition coefficient (Wildman–Crippen LogP) is 3.40. The Hall–Kier alpha value is -3.61. The quantitative estimate of drug-likeness (QED) is 0.477. The minimum atomic E-state index is -0.992. The molecule has 1 amide bonds. The number of ether oxygens (including phenoxy) is 1. The van der Waals surface area contributed by atoms with Crippen molar-refractivity contribution < 1.29 is 23.8 Å². The normalized spacial score (nSPS) is 10.9. The van der Waals surface area contributed by atoms with Crippen LogP contribution in [0.25, 0.3) is 22.1 Å². The SMILES string of the molecule is Cc1cccc(-c2cccc3c(O)c(C(=O)NCC(=O)OCC(C)C)c(=O)oc23)c1. The lowest BCUT2D eigenvalue weighted by Gasteiger charge is -2.11. The molecule has 0 aliphatic heterocycles. The van der Waals surface area contributed by atoms with Crippen molar-refractivity contribution in [3.05, 3.63) is 64.0 Å². The van der Waals surface area contributed by atoms with E-state index >= 15 is 0 Å². The number of aromatic hydroxyl groups is 1. The summed E-state index contributed by atoms with van der Waals surface area (Å²) in [5.74, 6) is -1.89. The first-order valence-corrected chi connectivity index (χ1v) is 9.57. The van der Waals surface area contributed by atoms with Crippen molar-refractivity contribution in [2.45, 2.75) is 20.8 Å². The van der Waals surface area contributed by atoms with Gasteiger partial charge < -0.3 is 19.6 Å². The van der Waals surface area contributed by atoms with Gasteiger partial charge in [-0.1, -0.05) is 55.8 Å². The van der Waals surface area contributed by atoms with E-state index in [0.717, 1.165) is 11.1 Å². The van der Waals surface area contributed by atoms with Crippen LogP contribution in [0.4, 0.5) is 0 Å². The average Bonchev–Trinajstić information content (AvgIpc) is 2.70. The third-order valence-corrected chi connectivity index (χ3v) is 4.43. The summed E-state index contributed by atoms with van der Waals surface area (Å²) in [6.07, 6.45) is 0. The van der Waals surface area contributed by atoms with Crippen LogP contribution in [0, 0.1) is 12.8 Å². The summed E-state index contributed by atoms with van der Waals surface area (Å²) in [5.41, 5.74) is 1.09. The Labute approximate surface area is 173 Å². The van der Waals surface area contributed by atoms with Gasteiger partial charge in [-0.2, -0.15) is 0 Å². The summed E-state index contributed by atoms with van der Waals surface area (Å²) >= 11 is 0. The fourth-order valence-corrected chi connectivity index (χ4v) is 3.00. The van der Waals surface area contributed by atoms with Gasteiger partial charge in [0.05, 0.1) is 12.0 Å². The maximum atomic E-state index is 12.5. The fraction of sp³-hybridized carbons (Fsp3) is 0.261. The largest absolute Gasteiger partial charge is 0.506 e. The van der Waals surface area contributed by atoms with Gasteiger partial charge >= 0.3 is 11.6 Å². The van der Waals surface area contributed by atoms with Crippen molar-refractivity contribution in [3.8, 4) is 16.9 Å². The number of esters is 1. The molecular weight excluding hydrogens is 386 g/mol. The second kappa shape index (κ2) is 8.82. The molecule has 0 saturated heterocycles. The number of aryl methyl sites for hydroxylation is 1. The molecule has 7 heteroatoms. The average molecular weight is 409 g/mol. The number of para-hydroxylation sites is 1. The molecule has 3 aromatic rings. The number of fused-ring (bicyclic) bond motifs is 1. The van der Waals surface area contributed by atoms with E-state index in [1.807, 2.05) is 45.0 Å². The molecule has 1 heterocycles. The fourth-order valence-electron chi connectivity index (χ4n) is 3.00. The highest BCUT2D eigenvalue weighted by Crippen LogP contribution is 2.33. The molecule has 7 nitrogen and oxygen atoms in total. The Balaban J connectivity index is 1.93. The first-order chi connectivity index (χ1) is 14.3. The zero-order valence-corrected chi connectivity index (χ0v) is 17.0. The van der Waals surface area contributed by atoms with Gasteiger partial charge in [0.15, 0.2) is 5.56 Å². The van der Waals surface area contributed by atoms with Crippen molar-refractivity contribution >= 4 is 22.8 Å². The highest BCUT2D eigenvalue weighted by Gasteiger charge is 2.23. The van der Waals surface area contributed by atoms with E-state index in [2.05, 4.69) is 5.32 Å². The standard InChI is InChI=1S/C23H23NO6/c1-13(2)12-29-18(25)11-24-22(27)19-20(26)17-9-5-8-16(21(17)30-23(19)28)15-7-4-6-14(3)10-15/h4-10,13,26H,11-12H2,1-3H3,(H,24,27). The molecule has 156 valence electrons. The number of hydrogen-bond acceptors (Lipinski definition) is 6. The first-order valence-electron chi connectivity index (χ1n) is 9.57. The summed E-state index contributed by atoms with van der Waals surface area (Å²) < 4.78 is 10.4. The van der Waals surface area contributed by atoms with E-state index in [0.29, 0.717) is 5.56 Å². The molecule has 0 unspecified atom stereocenters. The summed E-state index contributed by atoms with van der Waals surface area (Å²) in [6.45, 7) is 5.51. The maximum absolute atomic E-state index is 12.5. The van der Waals surface area contributed by atoms with Crippen LogP contribution in [0.15, 0.2) is 51.7 Å². The summed E-state index contributed by atoms with van der Waals surface area (Å²) in [7, 11) is 0. The summed E-state index contributed by atoms with van der Waals surface area (Å²) in [5, 5.41) is 13.1. The van der Waals surface area contributed by atoms with E-state index in [1.54, 1.807) is 18.2 Å². The zero-order chi connectivity index (χ0) is 21.8. The van der Waals surface area contributed by atoms with Crippen LogP contribution in [0.3, 0.4) is 0 Å². The molecule has 2 N–H and O–H groups in total. The first kappa shape index (κ1) is 21.1. The maximum Gasteiger partial charge on any atom is 0.353 e. The number of benzene rings is 2. The second-order valence-electron chi connectivity index (χ2n) is 7.42. The molecule has 2 aromatic carbocycles. The second-order valence-corrected chi connectivity index (χ2v) is 7.42. The lowest BCUT2D eigenvalue weighted by atomic mass is 10.00. The van der Waals surface area contributed by atoms with Crippen LogP contribution < -0.4 is 10.9 Å². The summed E-state index contributed by atoms with van der Waals surface area (Å²) in [4.78, 5) is 36.6. The molecule has 0 bridgehead atoms. The molecular formula is C23H23NO6. The van der Waals surface area contributed by atoms with E-state index in [-0.39, 0.29) is 23.5 Å². The predicted molar refractivity (Wildman–Crippen MR) is 112 cm³/mol. The zero-order valence-electron chi connectivity index (χ0n) is 17.0. The van der Waals surface area contributed by atoms with Gasteiger partial charge in [0.25, 0.3) is 5.91 Å². The molecule has 30 heavy (non-hydrogen) atoms. The molecule has 1 aromatic heterocycles. The Morgan fingerprint density at radius 1 is 1.17 bits per heavy atom. The number of nitrogens with one attached hydrogen (secondary N) is 1. The van der Waals surface area contributed by atoms with Crippen LogP contribution >= 0.6 is 0 Å². The Bertz CT molecular complexity index is 1160. The van der Waals surface area contributed by atoms with Gasteiger partial charge in [-0.05, 0) is 24.5 Å². The number of carbonyl (C=O) groups excluding carboxylic acids is 2. The third kappa shape index (κ3) is 4.51. The van der Waals surface area contributed by atoms with Gasteiger partial charge in [0.1, 0.15) is 17.9 Å². The molecule has 0 aliphatic carbocycles.